The van der Waals surface area contributed by atoms with Crippen LogP contribution in [0.3, 0.4) is 0 Å². The van der Waals surface area contributed by atoms with Gasteiger partial charge in [-0.15, -0.1) is 5.10 Å². The first-order valence-electron chi connectivity index (χ1n) is 8.05. The van der Waals surface area contributed by atoms with Gasteiger partial charge in [0.1, 0.15) is 5.75 Å². The molecule has 2 fully saturated rings. The minimum atomic E-state index is 0.161. The quantitative estimate of drug-likeness (QED) is 0.844. The van der Waals surface area contributed by atoms with Gasteiger partial charge >= 0.3 is 0 Å². The first-order chi connectivity index (χ1) is 11.2. The molecule has 0 atom stereocenters. The lowest BCUT2D eigenvalue weighted by molar-refractivity contribution is -0.136. The minimum absolute atomic E-state index is 0.161. The zero-order valence-electron chi connectivity index (χ0n) is 13.2. The third-order valence-corrected chi connectivity index (χ3v) is 4.63. The third-order valence-electron chi connectivity index (χ3n) is 4.63. The van der Waals surface area contributed by atoms with Crippen LogP contribution in [0.2, 0.25) is 0 Å². The van der Waals surface area contributed by atoms with Gasteiger partial charge in [-0.1, -0.05) is 17.3 Å². The molecule has 1 aromatic heterocycles. The largest absolute Gasteiger partial charge is 0.497 e. The highest BCUT2D eigenvalue weighted by Gasteiger charge is 2.34. The molecule has 1 aliphatic carbocycles. The molecule has 4 rings (SSSR count). The Hall–Kier alpha value is -2.37. The number of benzene rings is 1. The second-order valence-electron chi connectivity index (χ2n) is 6.38. The van der Waals surface area contributed by atoms with Crippen molar-refractivity contribution < 1.29 is 9.53 Å². The maximum absolute atomic E-state index is 12.3. The van der Waals surface area contributed by atoms with Gasteiger partial charge in [0.2, 0.25) is 5.91 Å². The number of carbonyl (C=O) groups excluding carboxylic acids is 1. The monoisotopic (exact) mass is 312 g/mol. The summed E-state index contributed by atoms with van der Waals surface area (Å²) in [4.78, 5) is 14.2. The van der Waals surface area contributed by atoms with Crippen LogP contribution < -0.4 is 4.74 Å². The molecule has 1 aliphatic heterocycles. The highest BCUT2D eigenvalue weighted by Crippen LogP contribution is 2.39. The van der Waals surface area contributed by atoms with Gasteiger partial charge in [0.05, 0.1) is 25.3 Å². The SMILES string of the molecule is COc1ccc(CC(=O)N2CC(n3cc(C4CC4)nn3)C2)cc1. The summed E-state index contributed by atoms with van der Waals surface area (Å²) in [7, 11) is 1.64. The third kappa shape index (κ3) is 2.93. The van der Waals surface area contributed by atoms with E-state index in [1.807, 2.05) is 40.0 Å². The van der Waals surface area contributed by atoms with Gasteiger partial charge in [0.25, 0.3) is 0 Å². The van der Waals surface area contributed by atoms with Gasteiger partial charge in [-0.25, -0.2) is 4.68 Å². The van der Waals surface area contributed by atoms with Crippen molar-refractivity contribution in [2.45, 2.75) is 31.2 Å². The predicted molar refractivity (Wildman–Crippen MR) is 84.3 cm³/mol. The molecule has 0 radical (unpaired) electrons. The molecule has 1 saturated carbocycles. The van der Waals surface area contributed by atoms with Crippen LogP contribution in [0.15, 0.2) is 30.5 Å². The molecule has 120 valence electrons. The van der Waals surface area contributed by atoms with Gasteiger partial charge < -0.3 is 9.64 Å². The van der Waals surface area contributed by atoms with Gasteiger partial charge in [-0.2, -0.15) is 0 Å². The Kier molecular flexibility index (Phi) is 3.52. The molecule has 0 N–H and O–H groups in total. The summed E-state index contributed by atoms with van der Waals surface area (Å²) in [6.07, 6.45) is 4.95. The van der Waals surface area contributed by atoms with Crippen molar-refractivity contribution in [3.05, 3.63) is 41.7 Å². The Morgan fingerprint density at radius 1 is 1.26 bits per heavy atom. The van der Waals surface area contributed by atoms with E-state index >= 15 is 0 Å². The maximum atomic E-state index is 12.3. The van der Waals surface area contributed by atoms with Crippen molar-refractivity contribution in [1.82, 2.24) is 19.9 Å². The molecular weight excluding hydrogens is 292 g/mol. The average Bonchev–Trinajstić information content (AvgIpc) is 3.26. The van der Waals surface area contributed by atoms with Crippen LogP contribution in [0.1, 0.15) is 36.1 Å². The number of amides is 1. The molecule has 23 heavy (non-hydrogen) atoms. The molecule has 0 spiro atoms. The standard InChI is InChI=1S/C17H20N4O2/c1-23-15-6-2-12(3-7-15)8-17(22)20-9-14(10-20)21-11-16(18-19-21)13-4-5-13/h2-3,6-7,11,13-14H,4-5,8-10H2,1H3. The maximum Gasteiger partial charge on any atom is 0.227 e. The number of likely N-dealkylation sites (tertiary alicyclic amines) is 1. The van der Waals surface area contributed by atoms with E-state index in [1.165, 1.54) is 12.8 Å². The Morgan fingerprint density at radius 3 is 2.65 bits per heavy atom. The number of hydrogen-bond donors (Lipinski definition) is 0. The van der Waals surface area contributed by atoms with Crippen molar-refractivity contribution in [2.24, 2.45) is 0 Å². The van der Waals surface area contributed by atoms with E-state index in [1.54, 1.807) is 7.11 Å². The normalized spacial score (nSPS) is 17.9. The average molecular weight is 312 g/mol. The lowest BCUT2D eigenvalue weighted by Crippen LogP contribution is -2.51. The fourth-order valence-electron chi connectivity index (χ4n) is 2.89. The molecule has 2 aliphatic rings. The summed E-state index contributed by atoms with van der Waals surface area (Å²) in [6.45, 7) is 1.45. The summed E-state index contributed by atoms with van der Waals surface area (Å²) in [5.74, 6) is 1.59. The van der Waals surface area contributed by atoms with E-state index in [2.05, 4.69) is 10.3 Å². The molecule has 1 amide bonds. The second kappa shape index (κ2) is 5.68. The summed E-state index contributed by atoms with van der Waals surface area (Å²) < 4.78 is 7.05. The Balaban J connectivity index is 1.30. The zero-order valence-corrected chi connectivity index (χ0v) is 13.2. The zero-order chi connectivity index (χ0) is 15.8. The number of methoxy groups -OCH3 is 1. The van der Waals surface area contributed by atoms with Crippen molar-refractivity contribution in [3.63, 3.8) is 0 Å². The molecule has 6 heteroatoms. The van der Waals surface area contributed by atoms with Crippen molar-refractivity contribution in [1.29, 1.82) is 0 Å². The summed E-state index contributed by atoms with van der Waals surface area (Å²) >= 11 is 0. The van der Waals surface area contributed by atoms with E-state index in [4.69, 9.17) is 4.74 Å². The summed E-state index contributed by atoms with van der Waals surface area (Å²) in [5.41, 5.74) is 2.11. The highest BCUT2D eigenvalue weighted by molar-refractivity contribution is 5.79. The van der Waals surface area contributed by atoms with Crippen LogP contribution in [-0.2, 0) is 11.2 Å². The number of aromatic nitrogens is 3. The summed E-state index contributed by atoms with van der Waals surface area (Å²) in [6, 6.07) is 7.92. The molecule has 2 heterocycles. The highest BCUT2D eigenvalue weighted by atomic mass is 16.5. The van der Waals surface area contributed by atoms with E-state index in [-0.39, 0.29) is 11.9 Å². The van der Waals surface area contributed by atoms with Gasteiger partial charge in [-0.3, -0.25) is 4.79 Å². The van der Waals surface area contributed by atoms with Crippen LogP contribution in [0.25, 0.3) is 0 Å². The molecular formula is C17H20N4O2. The molecule has 6 nitrogen and oxygen atoms in total. The van der Waals surface area contributed by atoms with Crippen LogP contribution >= 0.6 is 0 Å². The fraction of sp³-hybridized carbons (Fsp3) is 0.471. The second-order valence-corrected chi connectivity index (χ2v) is 6.38. The number of carbonyl (C=O) groups is 1. The Morgan fingerprint density at radius 2 is 2.00 bits per heavy atom. The van der Waals surface area contributed by atoms with Crippen LogP contribution in [-0.4, -0.2) is 46.0 Å². The van der Waals surface area contributed by atoms with Gasteiger partial charge in [0.15, 0.2) is 0 Å². The predicted octanol–water partition coefficient (Wildman–Crippen LogP) is 1.79. The van der Waals surface area contributed by atoms with Crippen molar-refractivity contribution in [2.75, 3.05) is 20.2 Å². The molecule has 1 saturated heterocycles. The topological polar surface area (TPSA) is 60.2 Å². The van der Waals surface area contributed by atoms with E-state index in [9.17, 15) is 4.79 Å². The van der Waals surface area contributed by atoms with Crippen LogP contribution in [0, 0.1) is 0 Å². The summed E-state index contributed by atoms with van der Waals surface area (Å²) in [5, 5.41) is 8.44. The fourth-order valence-corrected chi connectivity index (χ4v) is 2.89. The minimum Gasteiger partial charge on any atom is -0.497 e. The Labute approximate surface area is 135 Å². The lowest BCUT2D eigenvalue weighted by Gasteiger charge is -2.39. The molecule has 1 aromatic carbocycles. The van der Waals surface area contributed by atoms with E-state index in [0.29, 0.717) is 12.3 Å². The Bertz CT molecular complexity index is 700. The number of hydrogen-bond acceptors (Lipinski definition) is 4. The number of ether oxygens (including phenoxy) is 1. The van der Waals surface area contributed by atoms with Crippen molar-refractivity contribution >= 4 is 5.91 Å². The molecule has 0 bridgehead atoms. The van der Waals surface area contributed by atoms with Crippen LogP contribution in [0.4, 0.5) is 0 Å². The lowest BCUT2D eigenvalue weighted by atomic mass is 10.1. The van der Waals surface area contributed by atoms with Gasteiger partial charge in [0, 0.05) is 25.2 Å². The first-order valence-corrected chi connectivity index (χ1v) is 8.05. The first kappa shape index (κ1) is 14.2. The van der Waals surface area contributed by atoms with Gasteiger partial charge in [-0.05, 0) is 30.5 Å². The molecule has 0 unspecified atom stereocenters. The molecule has 2 aromatic rings. The van der Waals surface area contributed by atoms with E-state index < -0.39 is 0 Å². The van der Waals surface area contributed by atoms with E-state index in [0.717, 1.165) is 30.1 Å². The number of nitrogens with zero attached hydrogens (tertiary/aromatic N) is 4. The van der Waals surface area contributed by atoms with Crippen molar-refractivity contribution in [3.8, 4) is 5.75 Å². The smallest absolute Gasteiger partial charge is 0.227 e. The number of rotatable bonds is 5. The van der Waals surface area contributed by atoms with Crippen LogP contribution in [0.5, 0.6) is 5.75 Å².